The van der Waals surface area contributed by atoms with Crippen LogP contribution in [0.5, 0.6) is 0 Å². The third-order valence-electron chi connectivity index (χ3n) is 5.17. The molecule has 1 saturated carbocycles. The number of carbonyl (C=O) groups is 1. The number of amides is 1. The standard InChI is InChI=1S/C21H23F2NO2/c1-20(2,3)21(9-10-21)18-16(22)11-15(12-17(18)23)24-19(25)26-13-14-7-5-4-6-8-14/h4-8,11-12H,9-10,13H2,1-3H3,(H,24,25). The van der Waals surface area contributed by atoms with Crippen LogP contribution < -0.4 is 5.32 Å². The third-order valence-corrected chi connectivity index (χ3v) is 5.17. The highest BCUT2D eigenvalue weighted by Gasteiger charge is 2.55. The normalized spacial score (nSPS) is 15.4. The van der Waals surface area contributed by atoms with E-state index in [2.05, 4.69) is 5.32 Å². The maximum atomic E-state index is 14.6. The zero-order chi connectivity index (χ0) is 18.9. The first kappa shape index (κ1) is 18.4. The van der Waals surface area contributed by atoms with Crippen molar-refractivity contribution < 1.29 is 18.3 Å². The molecule has 0 aliphatic heterocycles. The van der Waals surface area contributed by atoms with Gasteiger partial charge < -0.3 is 4.74 Å². The molecule has 1 fully saturated rings. The van der Waals surface area contributed by atoms with E-state index >= 15 is 0 Å². The van der Waals surface area contributed by atoms with Crippen LogP contribution in [0.4, 0.5) is 19.3 Å². The Kier molecular flexibility index (Phi) is 4.74. The molecule has 5 heteroatoms. The smallest absolute Gasteiger partial charge is 0.411 e. The summed E-state index contributed by atoms with van der Waals surface area (Å²) in [6, 6.07) is 11.5. The van der Waals surface area contributed by atoms with Crippen molar-refractivity contribution in [2.45, 2.75) is 45.6 Å². The Labute approximate surface area is 152 Å². The fourth-order valence-corrected chi connectivity index (χ4v) is 3.48. The summed E-state index contributed by atoms with van der Waals surface area (Å²) in [7, 11) is 0. The van der Waals surface area contributed by atoms with E-state index in [-0.39, 0.29) is 23.3 Å². The van der Waals surface area contributed by atoms with Crippen LogP contribution in [0, 0.1) is 17.0 Å². The molecule has 0 atom stereocenters. The molecule has 3 rings (SSSR count). The predicted octanol–water partition coefficient (Wildman–Crippen LogP) is 5.79. The van der Waals surface area contributed by atoms with Crippen LogP contribution >= 0.6 is 0 Å². The quantitative estimate of drug-likeness (QED) is 0.750. The second-order valence-corrected chi connectivity index (χ2v) is 7.83. The highest BCUT2D eigenvalue weighted by molar-refractivity contribution is 5.84. The van der Waals surface area contributed by atoms with E-state index in [0.717, 1.165) is 30.5 Å². The second kappa shape index (κ2) is 6.71. The lowest BCUT2D eigenvalue weighted by Gasteiger charge is -2.32. The fraction of sp³-hybridized carbons (Fsp3) is 0.381. The Hall–Kier alpha value is -2.43. The molecule has 0 bridgehead atoms. The number of benzene rings is 2. The summed E-state index contributed by atoms with van der Waals surface area (Å²) in [5, 5.41) is 2.39. The lowest BCUT2D eigenvalue weighted by Crippen LogP contribution is -2.28. The van der Waals surface area contributed by atoms with E-state index in [4.69, 9.17) is 4.74 Å². The molecule has 1 amide bonds. The summed E-state index contributed by atoms with van der Waals surface area (Å²) in [6.45, 7) is 6.06. The Morgan fingerprint density at radius 2 is 1.69 bits per heavy atom. The number of halogens is 2. The molecular weight excluding hydrogens is 336 g/mol. The number of hydrogen-bond donors (Lipinski definition) is 1. The first-order valence-corrected chi connectivity index (χ1v) is 8.70. The molecule has 0 unspecified atom stereocenters. The molecular formula is C21H23F2NO2. The van der Waals surface area contributed by atoms with Crippen molar-refractivity contribution in [2.24, 2.45) is 5.41 Å². The lowest BCUT2D eigenvalue weighted by molar-refractivity contribution is 0.155. The number of hydrogen-bond acceptors (Lipinski definition) is 2. The zero-order valence-corrected chi connectivity index (χ0v) is 15.2. The van der Waals surface area contributed by atoms with Crippen molar-refractivity contribution in [3.05, 3.63) is 65.2 Å². The van der Waals surface area contributed by atoms with Gasteiger partial charge in [-0.15, -0.1) is 0 Å². The predicted molar refractivity (Wildman–Crippen MR) is 97.0 cm³/mol. The number of rotatable bonds is 4. The van der Waals surface area contributed by atoms with E-state index in [0.29, 0.717) is 0 Å². The van der Waals surface area contributed by atoms with Gasteiger partial charge in [0.25, 0.3) is 0 Å². The van der Waals surface area contributed by atoms with Gasteiger partial charge in [-0.2, -0.15) is 0 Å². The molecule has 0 saturated heterocycles. The maximum absolute atomic E-state index is 14.6. The fourth-order valence-electron chi connectivity index (χ4n) is 3.48. The van der Waals surface area contributed by atoms with Crippen LogP contribution in [0.3, 0.4) is 0 Å². The minimum Gasteiger partial charge on any atom is -0.444 e. The van der Waals surface area contributed by atoms with Crippen LogP contribution in [0.25, 0.3) is 0 Å². The summed E-state index contributed by atoms with van der Waals surface area (Å²) >= 11 is 0. The minimum absolute atomic E-state index is 0.0477. The van der Waals surface area contributed by atoms with Crippen molar-refractivity contribution in [3.63, 3.8) is 0 Å². The first-order valence-electron chi connectivity index (χ1n) is 8.70. The Morgan fingerprint density at radius 3 is 2.19 bits per heavy atom. The van der Waals surface area contributed by atoms with Crippen LogP contribution in [-0.4, -0.2) is 6.09 Å². The van der Waals surface area contributed by atoms with Crippen LogP contribution in [-0.2, 0) is 16.8 Å². The second-order valence-electron chi connectivity index (χ2n) is 7.83. The van der Waals surface area contributed by atoms with Gasteiger partial charge in [0.2, 0.25) is 0 Å². The van der Waals surface area contributed by atoms with Gasteiger partial charge in [0.05, 0.1) is 0 Å². The van der Waals surface area contributed by atoms with Crippen molar-refractivity contribution in [2.75, 3.05) is 5.32 Å². The van der Waals surface area contributed by atoms with Gasteiger partial charge in [-0.25, -0.2) is 13.6 Å². The first-order chi connectivity index (χ1) is 12.2. The summed E-state index contributed by atoms with van der Waals surface area (Å²) < 4.78 is 34.4. The molecule has 1 aliphatic rings. The Bertz CT molecular complexity index is 786. The molecule has 3 nitrogen and oxygen atoms in total. The molecule has 0 heterocycles. The van der Waals surface area contributed by atoms with Gasteiger partial charge in [0.1, 0.15) is 18.2 Å². The highest BCUT2D eigenvalue weighted by atomic mass is 19.1. The Balaban J connectivity index is 1.71. The molecule has 1 N–H and O–H groups in total. The van der Waals surface area contributed by atoms with Crippen molar-refractivity contribution in [1.82, 2.24) is 0 Å². The summed E-state index contributed by atoms with van der Waals surface area (Å²) in [4.78, 5) is 11.9. The van der Waals surface area contributed by atoms with E-state index in [9.17, 15) is 13.6 Å². The van der Waals surface area contributed by atoms with Crippen LogP contribution in [0.2, 0.25) is 0 Å². The van der Waals surface area contributed by atoms with E-state index in [1.54, 1.807) is 0 Å². The zero-order valence-electron chi connectivity index (χ0n) is 15.2. The molecule has 2 aromatic carbocycles. The van der Waals surface area contributed by atoms with E-state index in [1.807, 2.05) is 51.1 Å². The van der Waals surface area contributed by atoms with Crippen LogP contribution in [0.1, 0.15) is 44.7 Å². The maximum Gasteiger partial charge on any atom is 0.411 e. The largest absolute Gasteiger partial charge is 0.444 e. The summed E-state index contributed by atoms with van der Waals surface area (Å²) in [5.41, 5.74) is 0.280. The summed E-state index contributed by atoms with van der Waals surface area (Å²) in [6.07, 6.45) is 0.768. The molecule has 0 aromatic heterocycles. The van der Waals surface area contributed by atoms with Gasteiger partial charge in [0.15, 0.2) is 0 Å². The van der Waals surface area contributed by atoms with Gasteiger partial charge in [-0.1, -0.05) is 51.1 Å². The molecule has 26 heavy (non-hydrogen) atoms. The lowest BCUT2D eigenvalue weighted by atomic mass is 9.73. The van der Waals surface area contributed by atoms with Crippen molar-refractivity contribution >= 4 is 11.8 Å². The molecule has 2 aromatic rings. The van der Waals surface area contributed by atoms with E-state index in [1.165, 1.54) is 0 Å². The Morgan fingerprint density at radius 1 is 1.12 bits per heavy atom. The minimum atomic E-state index is -0.752. The number of carbonyl (C=O) groups excluding carboxylic acids is 1. The van der Waals surface area contributed by atoms with E-state index < -0.39 is 23.1 Å². The van der Waals surface area contributed by atoms with Crippen LogP contribution in [0.15, 0.2) is 42.5 Å². The molecule has 0 spiro atoms. The average Bonchev–Trinajstić information content (AvgIpc) is 3.35. The van der Waals surface area contributed by atoms with Crippen molar-refractivity contribution in [1.29, 1.82) is 0 Å². The number of nitrogens with one attached hydrogen (secondary N) is 1. The highest BCUT2D eigenvalue weighted by Crippen LogP contribution is 2.60. The number of anilines is 1. The molecule has 138 valence electrons. The number of ether oxygens (including phenoxy) is 1. The van der Waals surface area contributed by atoms with Gasteiger partial charge in [0, 0.05) is 16.7 Å². The topological polar surface area (TPSA) is 38.3 Å². The van der Waals surface area contributed by atoms with Crippen molar-refractivity contribution in [3.8, 4) is 0 Å². The third kappa shape index (κ3) is 3.57. The molecule has 0 radical (unpaired) electrons. The monoisotopic (exact) mass is 359 g/mol. The molecule has 1 aliphatic carbocycles. The average molecular weight is 359 g/mol. The van der Waals surface area contributed by atoms with Gasteiger partial charge in [-0.05, 0) is 36.0 Å². The van der Waals surface area contributed by atoms with Gasteiger partial charge in [-0.3, -0.25) is 5.32 Å². The van der Waals surface area contributed by atoms with Gasteiger partial charge >= 0.3 is 6.09 Å². The SMILES string of the molecule is CC(C)(C)C1(c2c(F)cc(NC(=O)OCc3ccccc3)cc2F)CC1. The summed E-state index contributed by atoms with van der Waals surface area (Å²) in [5.74, 6) is -1.26.